The van der Waals surface area contributed by atoms with Crippen LogP contribution in [-0.4, -0.2) is 30.2 Å². The molecule has 1 atom stereocenters. The molecule has 1 aromatic carbocycles. The molecule has 1 aromatic rings. The van der Waals surface area contributed by atoms with E-state index < -0.39 is 0 Å². The molecule has 3 rings (SSSR count). The highest BCUT2D eigenvalue weighted by atomic mass is 32.2. The maximum absolute atomic E-state index is 11.8. The molecule has 0 aromatic heterocycles. The second kappa shape index (κ2) is 3.95. The highest BCUT2D eigenvalue weighted by Crippen LogP contribution is 2.52. The number of fused-ring (bicyclic) bond motifs is 1. The minimum atomic E-state index is -0.0939. The third-order valence-electron chi connectivity index (χ3n) is 3.61. The summed E-state index contributed by atoms with van der Waals surface area (Å²) < 4.78 is 5.17. The Kier molecular flexibility index (Phi) is 2.54. The van der Waals surface area contributed by atoms with E-state index in [0.29, 0.717) is 12.3 Å². The van der Waals surface area contributed by atoms with Crippen LogP contribution < -0.4 is 4.74 Å². The van der Waals surface area contributed by atoms with Crippen LogP contribution in [-0.2, 0) is 9.67 Å². The molecule has 17 heavy (non-hydrogen) atoms. The molecule has 0 saturated carbocycles. The average molecular weight is 249 g/mol. The number of thioether (sulfide) groups is 1. The monoisotopic (exact) mass is 249 g/mol. The minimum absolute atomic E-state index is 0.0939. The number of carbonyl (C=O) groups is 1. The van der Waals surface area contributed by atoms with E-state index in [1.54, 1.807) is 7.11 Å². The molecule has 1 unspecified atom stereocenters. The fourth-order valence-corrected chi connectivity index (χ4v) is 4.25. The number of rotatable bonds is 2. The Hall–Kier alpha value is -1.16. The van der Waals surface area contributed by atoms with Gasteiger partial charge in [0, 0.05) is 18.7 Å². The SMILES string of the molecule is COc1ccc(C23CCC(=O)N2CCS3)cc1. The molecule has 0 radical (unpaired) electrons. The lowest BCUT2D eigenvalue weighted by atomic mass is 10.0. The number of nitrogens with zero attached hydrogens (tertiary/aromatic N) is 1. The highest BCUT2D eigenvalue weighted by molar-refractivity contribution is 8.00. The lowest BCUT2D eigenvalue weighted by molar-refractivity contribution is -0.128. The quantitative estimate of drug-likeness (QED) is 0.805. The van der Waals surface area contributed by atoms with Crippen molar-refractivity contribution in [1.29, 1.82) is 0 Å². The van der Waals surface area contributed by atoms with Crippen LogP contribution in [0, 0.1) is 0 Å². The summed E-state index contributed by atoms with van der Waals surface area (Å²) in [5.74, 6) is 2.20. The maximum Gasteiger partial charge on any atom is 0.224 e. The van der Waals surface area contributed by atoms with E-state index in [1.165, 1.54) is 5.56 Å². The van der Waals surface area contributed by atoms with Crippen molar-refractivity contribution in [2.75, 3.05) is 19.4 Å². The van der Waals surface area contributed by atoms with Gasteiger partial charge in [0.25, 0.3) is 0 Å². The van der Waals surface area contributed by atoms with Crippen LogP contribution in [0.5, 0.6) is 5.75 Å². The first-order valence-corrected chi connectivity index (χ1v) is 6.84. The Morgan fingerprint density at radius 2 is 2.12 bits per heavy atom. The number of benzene rings is 1. The molecule has 0 aliphatic carbocycles. The van der Waals surface area contributed by atoms with Gasteiger partial charge >= 0.3 is 0 Å². The summed E-state index contributed by atoms with van der Waals surface area (Å²) in [5, 5.41) is 0. The first-order valence-electron chi connectivity index (χ1n) is 5.85. The van der Waals surface area contributed by atoms with Gasteiger partial charge in [-0.1, -0.05) is 12.1 Å². The number of amides is 1. The van der Waals surface area contributed by atoms with Crippen LogP contribution in [0.3, 0.4) is 0 Å². The fourth-order valence-electron chi connectivity index (χ4n) is 2.74. The Morgan fingerprint density at radius 1 is 1.35 bits per heavy atom. The van der Waals surface area contributed by atoms with E-state index in [0.717, 1.165) is 24.5 Å². The van der Waals surface area contributed by atoms with Crippen molar-refractivity contribution in [3.63, 3.8) is 0 Å². The fraction of sp³-hybridized carbons (Fsp3) is 0.462. The van der Waals surface area contributed by atoms with Gasteiger partial charge in [0.1, 0.15) is 10.6 Å². The van der Waals surface area contributed by atoms with Crippen LogP contribution in [0.15, 0.2) is 24.3 Å². The third kappa shape index (κ3) is 1.54. The third-order valence-corrected chi connectivity index (χ3v) is 5.14. The zero-order valence-corrected chi connectivity index (χ0v) is 10.6. The van der Waals surface area contributed by atoms with Gasteiger partial charge in [-0.3, -0.25) is 4.79 Å². The van der Waals surface area contributed by atoms with Gasteiger partial charge in [-0.25, -0.2) is 0 Å². The first-order chi connectivity index (χ1) is 8.26. The van der Waals surface area contributed by atoms with Crippen molar-refractivity contribution >= 4 is 17.7 Å². The van der Waals surface area contributed by atoms with Crippen LogP contribution in [0.2, 0.25) is 0 Å². The number of hydrogen-bond acceptors (Lipinski definition) is 3. The number of ether oxygens (including phenoxy) is 1. The number of hydrogen-bond donors (Lipinski definition) is 0. The number of methoxy groups -OCH3 is 1. The van der Waals surface area contributed by atoms with Gasteiger partial charge < -0.3 is 9.64 Å². The van der Waals surface area contributed by atoms with Gasteiger partial charge in [0.05, 0.1) is 7.11 Å². The lowest BCUT2D eigenvalue weighted by Gasteiger charge is -2.31. The summed E-state index contributed by atoms with van der Waals surface area (Å²) in [7, 11) is 1.67. The topological polar surface area (TPSA) is 29.5 Å². The van der Waals surface area contributed by atoms with Crippen LogP contribution in [0.4, 0.5) is 0 Å². The largest absolute Gasteiger partial charge is 0.497 e. The molecule has 0 N–H and O–H groups in total. The molecule has 1 amide bonds. The molecule has 0 bridgehead atoms. The van der Waals surface area contributed by atoms with E-state index >= 15 is 0 Å². The summed E-state index contributed by atoms with van der Waals surface area (Å²) in [4.78, 5) is 13.8. The van der Waals surface area contributed by atoms with E-state index in [9.17, 15) is 4.79 Å². The molecule has 2 aliphatic heterocycles. The summed E-state index contributed by atoms with van der Waals surface area (Å²) in [5.41, 5.74) is 1.23. The van der Waals surface area contributed by atoms with Crippen LogP contribution in [0.25, 0.3) is 0 Å². The number of carbonyl (C=O) groups excluding carboxylic acids is 1. The first kappa shape index (κ1) is 11.0. The van der Waals surface area contributed by atoms with Crippen molar-refractivity contribution in [2.24, 2.45) is 0 Å². The second-order valence-corrected chi connectivity index (χ2v) is 5.78. The predicted octanol–water partition coefficient (Wildman–Crippen LogP) is 2.22. The Bertz CT molecular complexity index is 445. The van der Waals surface area contributed by atoms with Crippen molar-refractivity contribution < 1.29 is 9.53 Å². The van der Waals surface area contributed by atoms with Crippen molar-refractivity contribution in [3.8, 4) is 5.75 Å². The summed E-state index contributed by atoms with van der Waals surface area (Å²) >= 11 is 1.90. The standard InChI is InChI=1S/C13H15NO2S/c1-16-11-4-2-10(3-5-11)13-7-6-12(15)14(13)8-9-17-13/h2-5H,6-9H2,1H3. The Labute approximate surface area is 105 Å². The molecule has 0 spiro atoms. The lowest BCUT2D eigenvalue weighted by Crippen LogP contribution is -2.36. The zero-order chi connectivity index (χ0) is 11.9. The van der Waals surface area contributed by atoms with E-state index in [1.807, 2.05) is 28.8 Å². The van der Waals surface area contributed by atoms with Gasteiger partial charge in [0.15, 0.2) is 0 Å². The van der Waals surface area contributed by atoms with E-state index in [-0.39, 0.29) is 4.87 Å². The van der Waals surface area contributed by atoms with E-state index in [4.69, 9.17) is 4.74 Å². The Balaban J connectivity index is 1.98. The van der Waals surface area contributed by atoms with Gasteiger partial charge in [-0.05, 0) is 24.1 Å². The van der Waals surface area contributed by atoms with Crippen LogP contribution in [0.1, 0.15) is 18.4 Å². The zero-order valence-electron chi connectivity index (χ0n) is 9.81. The molecule has 90 valence electrons. The summed E-state index contributed by atoms with van der Waals surface area (Å²) in [6, 6.07) is 8.12. The molecule has 2 saturated heterocycles. The van der Waals surface area contributed by atoms with Crippen molar-refractivity contribution in [3.05, 3.63) is 29.8 Å². The predicted molar refractivity (Wildman–Crippen MR) is 68.1 cm³/mol. The highest BCUT2D eigenvalue weighted by Gasteiger charge is 2.50. The summed E-state index contributed by atoms with van der Waals surface area (Å²) in [6.07, 6.45) is 1.61. The molecule has 4 heteroatoms. The maximum atomic E-state index is 11.8. The molecule has 2 fully saturated rings. The van der Waals surface area contributed by atoms with Crippen molar-refractivity contribution in [1.82, 2.24) is 4.90 Å². The molecule has 3 nitrogen and oxygen atoms in total. The average Bonchev–Trinajstić information content (AvgIpc) is 2.92. The molecule has 2 heterocycles. The normalized spacial score (nSPS) is 27.4. The van der Waals surface area contributed by atoms with Gasteiger partial charge in [-0.15, -0.1) is 11.8 Å². The summed E-state index contributed by atoms with van der Waals surface area (Å²) in [6.45, 7) is 0.884. The Morgan fingerprint density at radius 3 is 2.82 bits per heavy atom. The second-order valence-electron chi connectivity index (χ2n) is 4.41. The van der Waals surface area contributed by atoms with E-state index in [2.05, 4.69) is 12.1 Å². The van der Waals surface area contributed by atoms with Crippen LogP contribution >= 0.6 is 11.8 Å². The van der Waals surface area contributed by atoms with Gasteiger partial charge in [0.2, 0.25) is 5.91 Å². The molecular formula is C13H15NO2S. The smallest absolute Gasteiger partial charge is 0.224 e. The van der Waals surface area contributed by atoms with Gasteiger partial charge in [-0.2, -0.15) is 0 Å². The van der Waals surface area contributed by atoms with Crippen molar-refractivity contribution in [2.45, 2.75) is 17.7 Å². The molecule has 2 aliphatic rings. The molecular weight excluding hydrogens is 234 g/mol. The minimum Gasteiger partial charge on any atom is -0.497 e.